The summed E-state index contributed by atoms with van der Waals surface area (Å²) in [5.41, 5.74) is -0.420. The molecule has 120 valence electrons. The minimum atomic E-state index is -0.420. The number of aromatic nitrogens is 3. The number of aliphatic hydroxyl groups excluding tert-OH is 1. The molecule has 0 aliphatic carbocycles. The van der Waals surface area contributed by atoms with Gasteiger partial charge in [-0.2, -0.15) is 9.98 Å². The Balaban J connectivity index is 1.78. The quantitative estimate of drug-likeness (QED) is 0.872. The van der Waals surface area contributed by atoms with Gasteiger partial charge < -0.3 is 14.7 Å². The number of rotatable bonds is 3. The van der Waals surface area contributed by atoms with Gasteiger partial charge in [-0.1, -0.05) is 0 Å². The van der Waals surface area contributed by atoms with Crippen LogP contribution in [0.1, 0.15) is 38.3 Å². The Morgan fingerprint density at radius 2 is 2.32 bits per heavy atom. The second kappa shape index (κ2) is 6.53. The molecule has 0 amide bonds. The number of amidine groups is 1. The van der Waals surface area contributed by atoms with Gasteiger partial charge in [-0.3, -0.25) is 4.57 Å². The van der Waals surface area contributed by atoms with Crippen molar-refractivity contribution in [3.8, 4) is 0 Å². The summed E-state index contributed by atoms with van der Waals surface area (Å²) in [5, 5.41) is 9.09. The zero-order valence-corrected chi connectivity index (χ0v) is 12.7. The smallest absolute Gasteiger partial charge is 0.354 e. The average molecular weight is 307 g/mol. The maximum atomic E-state index is 12.1. The fourth-order valence-electron chi connectivity index (χ4n) is 2.82. The van der Waals surface area contributed by atoms with E-state index in [2.05, 4.69) is 19.9 Å². The molecule has 8 heteroatoms. The highest BCUT2D eigenvalue weighted by Gasteiger charge is 2.27. The van der Waals surface area contributed by atoms with Crippen LogP contribution < -0.4 is 5.69 Å². The second-order valence-corrected chi connectivity index (χ2v) is 5.73. The van der Waals surface area contributed by atoms with Gasteiger partial charge in [0.2, 0.25) is 0 Å². The summed E-state index contributed by atoms with van der Waals surface area (Å²) in [7, 11) is 1.99. The van der Waals surface area contributed by atoms with Crippen molar-refractivity contribution in [2.75, 3.05) is 20.2 Å². The van der Waals surface area contributed by atoms with Crippen molar-refractivity contribution in [2.24, 2.45) is 4.99 Å². The summed E-state index contributed by atoms with van der Waals surface area (Å²) in [6, 6.07) is 0. The first-order valence-corrected chi connectivity index (χ1v) is 7.67. The third-order valence-electron chi connectivity index (χ3n) is 4.13. The first kappa shape index (κ1) is 15.1. The molecule has 1 aromatic rings. The Labute approximate surface area is 128 Å². The zero-order chi connectivity index (χ0) is 15.5. The fourth-order valence-corrected chi connectivity index (χ4v) is 2.82. The monoisotopic (exact) mass is 307 g/mol. The maximum absolute atomic E-state index is 12.1. The molecule has 2 aliphatic rings. The second-order valence-electron chi connectivity index (χ2n) is 5.73. The normalized spacial score (nSPS) is 27.5. The Bertz CT molecular complexity index is 615. The van der Waals surface area contributed by atoms with E-state index in [1.165, 1.54) is 10.9 Å². The van der Waals surface area contributed by atoms with Gasteiger partial charge in [-0.15, -0.1) is 0 Å². The predicted octanol–water partition coefficient (Wildman–Crippen LogP) is 0.454. The van der Waals surface area contributed by atoms with E-state index in [0.717, 1.165) is 38.1 Å². The van der Waals surface area contributed by atoms with E-state index >= 15 is 0 Å². The number of ether oxygens (including phenoxy) is 1. The molecule has 1 aromatic heterocycles. The summed E-state index contributed by atoms with van der Waals surface area (Å²) >= 11 is 0. The van der Waals surface area contributed by atoms with Crippen molar-refractivity contribution < 1.29 is 9.84 Å². The maximum Gasteiger partial charge on any atom is 0.354 e. The molecule has 22 heavy (non-hydrogen) atoms. The third kappa shape index (κ3) is 3.17. The lowest BCUT2D eigenvalue weighted by molar-refractivity contribution is -0.0250. The lowest BCUT2D eigenvalue weighted by Gasteiger charge is -2.25. The SMILES string of the molecule is CN1CCCC/C1=N\c1ncn([C@H]2CC[C@@H](CO)O2)c(=O)n1. The number of nitrogens with zero attached hydrogens (tertiary/aromatic N) is 5. The van der Waals surface area contributed by atoms with E-state index in [4.69, 9.17) is 9.84 Å². The fraction of sp³-hybridized carbons (Fsp3) is 0.714. The Hall–Kier alpha value is -1.80. The minimum Gasteiger partial charge on any atom is -0.394 e. The molecule has 0 spiro atoms. The van der Waals surface area contributed by atoms with E-state index in [-0.39, 0.29) is 18.7 Å². The van der Waals surface area contributed by atoms with Crippen molar-refractivity contribution >= 4 is 11.8 Å². The third-order valence-corrected chi connectivity index (χ3v) is 4.13. The average Bonchev–Trinajstić information content (AvgIpc) is 2.98. The topological polar surface area (TPSA) is 92.8 Å². The highest BCUT2D eigenvalue weighted by Crippen LogP contribution is 2.26. The number of hydrogen-bond acceptors (Lipinski definition) is 6. The molecule has 8 nitrogen and oxygen atoms in total. The molecule has 0 radical (unpaired) electrons. The summed E-state index contributed by atoms with van der Waals surface area (Å²) in [6.07, 6.45) is 5.35. The Morgan fingerprint density at radius 3 is 3.00 bits per heavy atom. The van der Waals surface area contributed by atoms with Crippen LogP contribution in [-0.4, -0.2) is 56.7 Å². The standard InChI is InChI=1S/C14H21N5O3/c1-18-7-3-2-4-11(18)16-13-15-9-19(14(21)17-13)12-6-5-10(8-20)22-12/h9-10,12,20H,2-8H2,1H3/b16-11+/t10-,12+/m0/s1. The predicted molar refractivity (Wildman–Crippen MR) is 80.1 cm³/mol. The van der Waals surface area contributed by atoms with E-state index in [0.29, 0.717) is 6.42 Å². The molecular weight excluding hydrogens is 286 g/mol. The molecule has 2 atom stereocenters. The van der Waals surface area contributed by atoms with Gasteiger partial charge in [0.25, 0.3) is 5.95 Å². The lowest BCUT2D eigenvalue weighted by atomic mass is 10.1. The van der Waals surface area contributed by atoms with E-state index in [1.54, 1.807) is 0 Å². The highest BCUT2D eigenvalue weighted by atomic mass is 16.5. The summed E-state index contributed by atoms with van der Waals surface area (Å²) in [4.78, 5) is 26.7. The first-order chi connectivity index (χ1) is 10.7. The van der Waals surface area contributed by atoms with Crippen LogP contribution in [0, 0.1) is 0 Å². The minimum absolute atomic E-state index is 0.0375. The van der Waals surface area contributed by atoms with Crippen molar-refractivity contribution in [3.63, 3.8) is 0 Å². The zero-order valence-electron chi connectivity index (χ0n) is 12.7. The molecule has 0 aromatic carbocycles. The van der Waals surface area contributed by atoms with Crippen molar-refractivity contribution in [1.29, 1.82) is 0 Å². The largest absolute Gasteiger partial charge is 0.394 e. The molecule has 0 saturated carbocycles. The van der Waals surface area contributed by atoms with Crippen LogP contribution in [0.4, 0.5) is 5.95 Å². The molecule has 0 unspecified atom stereocenters. The van der Waals surface area contributed by atoms with Gasteiger partial charge in [0.15, 0.2) is 0 Å². The molecular formula is C14H21N5O3. The molecule has 1 N–H and O–H groups in total. The van der Waals surface area contributed by atoms with Crippen LogP contribution in [0.3, 0.4) is 0 Å². The van der Waals surface area contributed by atoms with Crippen LogP contribution >= 0.6 is 0 Å². The highest BCUT2D eigenvalue weighted by molar-refractivity contribution is 5.84. The van der Waals surface area contributed by atoms with Crippen LogP contribution in [0.5, 0.6) is 0 Å². The number of hydrogen-bond donors (Lipinski definition) is 1. The van der Waals surface area contributed by atoms with Gasteiger partial charge >= 0.3 is 5.69 Å². The molecule has 3 heterocycles. The number of aliphatic hydroxyl groups is 1. The van der Waals surface area contributed by atoms with Crippen LogP contribution in [0.25, 0.3) is 0 Å². The van der Waals surface area contributed by atoms with Crippen LogP contribution in [-0.2, 0) is 4.74 Å². The summed E-state index contributed by atoms with van der Waals surface area (Å²) in [6.45, 7) is 0.929. The number of aliphatic imine (C=N–C) groups is 1. The first-order valence-electron chi connectivity index (χ1n) is 7.67. The van der Waals surface area contributed by atoms with Crippen molar-refractivity contribution in [3.05, 3.63) is 16.8 Å². The lowest BCUT2D eigenvalue weighted by Crippen LogP contribution is -2.32. The molecule has 0 bridgehead atoms. The number of piperidine rings is 1. The van der Waals surface area contributed by atoms with E-state index in [1.807, 2.05) is 7.05 Å². The van der Waals surface area contributed by atoms with Gasteiger partial charge in [0.05, 0.1) is 12.7 Å². The Kier molecular flexibility index (Phi) is 4.49. The molecule has 2 fully saturated rings. The molecule has 2 saturated heterocycles. The van der Waals surface area contributed by atoms with Crippen molar-refractivity contribution in [1.82, 2.24) is 19.4 Å². The van der Waals surface area contributed by atoms with Crippen LogP contribution in [0.2, 0.25) is 0 Å². The number of likely N-dealkylation sites (tertiary alicyclic amines) is 1. The van der Waals surface area contributed by atoms with Gasteiger partial charge in [0, 0.05) is 20.0 Å². The Morgan fingerprint density at radius 1 is 1.45 bits per heavy atom. The van der Waals surface area contributed by atoms with Gasteiger partial charge in [-0.05, 0) is 25.7 Å². The molecule has 3 rings (SSSR count). The van der Waals surface area contributed by atoms with E-state index in [9.17, 15) is 4.79 Å². The van der Waals surface area contributed by atoms with Gasteiger partial charge in [0.1, 0.15) is 18.4 Å². The molecule has 2 aliphatic heterocycles. The van der Waals surface area contributed by atoms with Gasteiger partial charge in [-0.25, -0.2) is 9.78 Å². The summed E-state index contributed by atoms with van der Waals surface area (Å²) in [5.74, 6) is 1.11. The van der Waals surface area contributed by atoms with Crippen LogP contribution in [0.15, 0.2) is 16.1 Å². The van der Waals surface area contributed by atoms with Crippen molar-refractivity contribution in [2.45, 2.75) is 44.4 Å². The van der Waals surface area contributed by atoms with E-state index < -0.39 is 11.9 Å². The summed E-state index contributed by atoms with van der Waals surface area (Å²) < 4.78 is 6.94.